The van der Waals surface area contributed by atoms with Crippen molar-refractivity contribution in [3.05, 3.63) is 16.3 Å². The van der Waals surface area contributed by atoms with Crippen LogP contribution in [-0.2, 0) is 19.6 Å². The summed E-state index contributed by atoms with van der Waals surface area (Å²) in [6.45, 7) is 1.52. The third kappa shape index (κ3) is 3.78. The number of rotatable bonds is 7. The third-order valence-electron chi connectivity index (χ3n) is 2.43. The van der Waals surface area contributed by atoms with Crippen LogP contribution in [0.4, 0.5) is 0 Å². The van der Waals surface area contributed by atoms with Crippen molar-refractivity contribution in [3.63, 3.8) is 0 Å². The van der Waals surface area contributed by atoms with Gasteiger partial charge in [-0.15, -0.1) is 11.3 Å². The second-order valence-corrected chi connectivity index (χ2v) is 6.72. The Morgan fingerprint density at radius 2 is 2.10 bits per heavy atom. The molecule has 1 rings (SSSR count). The summed E-state index contributed by atoms with van der Waals surface area (Å²) in [6.07, 6.45) is 0.520. The molecule has 112 valence electrons. The van der Waals surface area contributed by atoms with Gasteiger partial charge in [0.25, 0.3) is 0 Å². The Kier molecular flexibility index (Phi) is 5.66. The highest BCUT2D eigenvalue weighted by Gasteiger charge is 2.28. The molecule has 0 amide bonds. The van der Waals surface area contributed by atoms with Crippen molar-refractivity contribution in [2.45, 2.75) is 18.2 Å². The average Bonchev–Trinajstić information content (AvgIpc) is 2.88. The Hall–Kier alpha value is -1.45. The summed E-state index contributed by atoms with van der Waals surface area (Å²) in [4.78, 5) is 21.9. The number of aromatic carboxylic acids is 1. The van der Waals surface area contributed by atoms with Crippen LogP contribution < -0.4 is 0 Å². The molecular formula is C11H15NO6S2. The summed E-state index contributed by atoms with van der Waals surface area (Å²) in [5.74, 6) is -1.86. The maximum atomic E-state index is 12.3. The number of methoxy groups -OCH3 is 1. The molecule has 0 spiro atoms. The van der Waals surface area contributed by atoms with Crippen molar-refractivity contribution in [1.82, 2.24) is 4.31 Å². The predicted octanol–water partition coefficient (Wildman–Crippen LogP) is 1.02. The zero-order chi connectivity index (χ0) is 15.3. The number of thiophene rings is 1. The molecule has 9 heteroatoms. The summed E-state index contributed by atoms with van der Waals surface area (Å²) in [6, 6.07) is 1.09. The molecule has 0 unspecified atom stereocenters. The molecule has 0 atom stereocenters. The molecule has 0 aliphatic rings. The monoisotopic (exact) mass is 321 g/mol. The first-order chi connectivity index (χ1) is 9.32. The summed E-state index contributed by atoms with van der Waals surface area (Å²) in [7, 11) is -2.73. The van der Waals surface area contributed by atoms with Crippen molar-refractivity contribution < 1.29 is 27.9 Å². The van der Waals surface area contributed by atoms with Crippen LogP contribution in [0.15, 0.2) is 16.3 Å². The van der Waals surface area contributed by atoms with Crippen molar-refractivity contribution in [3.8, 4) is 0 Å². The lowest BCUT2D eigenvalue weighted by atomic mass is 10.5. The number of nitrogens with zero attached hydrogens (tertiary/aromatic N) is 1. The zero-order valence-corrected chi connectivity index (χ0v) is 12.7. The number of ether oxygens (including phenoxy) is 1. The highest BCUT2D eigenvalue weighted by Crippen LogP contribution is 2.23. The smallest absolute Gasteiger partial charge is 0.345 e. The third-order valence-corrected chi connectivity index (χ3v) is 5.32. The van der Waals surface area contributed by atoms with E-state index < -0.39 is 28.5 Å². The van der Waals surface area contributed by atoms with E-state index in [0.717, 1.165) is 21.7 Å². The molecule has 1 N–H and O–H groups in total. The molecule has 0 aliphatic carbocycles. The van der Waals surface area contributed by atoms with Crippen LogP contribution in [0.3, 0.4) is 0 Å². The number of carboxylic acid groups (broad SMARTS) is 1. The van der Waals surface area contributed by atoms with E-state index in [0.29, 0.717) is 6.42 Å². The SMILES string of the molecule is CCCN(CC(=O)OC)S(=O)(=O)c1csc(C(=O)O)c1. The molecule has 0 bridgehead atoms. The van der Waals surface area contributed by atoms with E-state index in [1.165, 1.54) is 12.5 Å². The normalized spacial score (nSPS) is 11.6. The van der Waals surface area contributed by atoms with Gasteiger partial charge >= 0.3 is 11.9 Å². The topological polar surface area (TPSA) is 101 Å². The zero-order valence-electron chi connectivity index (χ0n) is 11.0. The van der Waals surface area contributed by atoms with E-state index in [1.807, 2.05) is 0 Å². The van der Waals surface area contributed by atoms with Gasteiger partial charge in [-0.25, -0.2) is 13.2 Å². The van der Waals surface area contributed by atoms with Crippen LogP contribution in [0, 0.1) is 0 Å². The minimum absolute atomic E-state index is 0.0712. The van der Waals surface area contributed by atoms with Gasteiger partial charge in [0.15, 0.2) is 0 Å². The highest BCUT2D eigenvalue weighted by molar-refractivity contribution is 7.89. The number of carbonyl (C=O) groups excluding carboxylic acids is 1. The standard InChI is InChI=1S/C11H15NO6S2/c1-3-4-12(6-10(13)18-2)20(16,17)8-5-9(11(14)15)19-7-8/h5,7H,3-4,6H2,1-2H3,(H,14,15). The summed E-state index contributed by atoms with van der Waals surface area (Å²) >= 11 is 0.823. The molecule has 7 nitrogen and oxygen atoms in total. The van der Waals surface area contributed by atoms with E-state index in [-0.39, 0.29) is 16.3 Å². The number of carbonyl (C=O) groups is 2. The molecule has 0 saturated heterocycles. The number of carboxylic acids is 1. The molecule has 1 aromatic heterocycles. The Morgan fingerprint density at radius 3 is 2.55 bits per heavy atom. The molecular weight excluding hydrogens is 306 g/mol. The van der Waals surface area contributed by atoms with Gasteiger partial charge in [0, 0.05) is 11.9 Å². The fourth-order valence-electron chi connectivity index (χ4n) is 1.46. The predicted molar refractivity (Wildman–Crippen MR) is 72.3 cm³/mol. The summed E-state index contributed by atoms with van der Waals surface area (Å²) < 4.78 is 30.1. The van der Waals surface area contributed by atoms with E-state index in [1.54, 1.807) is 6.92 Å². The molecule has 0 aromatic carbocycles. The molecule has 0 saturated carbocycles. The van der Waals surface area contributed by atoms with Gasteiger partial charge in [-0.2, -0.15) is 4.31 Å². The van der Waals surface area contributed by atoms with E-state index >= 15 is 0 Å². The maximum Gasteiger partial charge on any atom is 0.345 e. The van der Waals surface area contributed by atoms with Crippen LogP contribution in [0.5, 0.6) is 0 Å². The number of hydrogen-bond acceptors (Lipinski definition) is 6. The minimum atomic E-state index is -3.90. The Bertz CT molecular complexity index is 592. The van der Waals surface area contributed by atoms with Crippen LogP contribution in [0.25, 0.3) is 0 Å². The van der Waals surface area contributed by atoms with Crippen molar-refractivity contribution in [2.24, 2.45) is 0 Å². The molecule has 0 aliphatic heterocycles. The first kappa shape index (κ1) is 16.6. The molecule has 0 fully saturated rings. The van der Waals surface area contributed by atoms with Gasteiger partial charge in [0.1, 0.15) is 11.4 Å². The lowest BCUT2D eigenvalue weighted by molar-refractivity contribution is -0.140. The molecule has 1 aromatic rings. The first-order valence-electron chi connectivity index (χ1n) is 5.71. The molecule has 0 radical (unpaired) electrons. The largest absolute Gasteiger partial charge is 0.477 e. The average molecular weight is 321 g/mol. The fraction of sp³-hybridized carbons (Fsp3) is 0.455. The minimum Gasteiger partial charge on any atom is -0.477 e. The van der Waals surface area contributed by atoms with Crippen LogP contribution in [0.2, 0.25) is 0 Å². The highest BCUT2D eigenvalue weighted by atomic mass is 32.2. The fourth-order valence-corrected chi connectivity index (χ4v) is 4.03. The van der Waals surface area contributed by atoms with Gasteiger partial charge in [-0.3, -0.25) is 4.79 Å². The first-order valence-corrected chi connectivity index (χ1v) is 8.03. The number of hydrogen-bond donors (Lipinski definition) is 1. The lowest BCUT2D eigenvalue weighted by Crippen LogP contribution is -2.36. The second-order valence-electron chi connectivity index (χ2n) is 3.87. The van der Waals surface area contributed by atoms with Gasteiger partial charge in [0.05, 0.1) is 12.0 Å². The summed E-state index contributed by atoms with van der Waals surface area (Å²) in [5, 5.41) is 10.1. The quantitative estimate of drug-likeness (QED) is 0.752. The van der Waals surface area contributed by atoms with Crippen LogP contribution in [0.1, 0.15) is 23.0 Å². The van der Waals surface area contributed by atoms with Crippen molar-refractivity contribution >= 4 is 33.3 Å². The Balaban J connectivity index is 3.08. The molecule has 20 heavy (non-hydrogen) atoms. The van der Waals surface area contributed by atoms with E-state index in [4.69, 9.17) is 5.11 Å². The van der Waals surface area contributed by atoms with Gasteiger partial charge in [-0.1, -0.05) is 6.92 Å². The lowest BCUT2D eigenvalue weighted by Gasteiger charge is -2.19. The van der Waals surface area contributed by atoms with Gasteiger partial charge in [0.2, 0.25) is 10.0 Å². The number of esters is 1. The van der Waals surface area contributed by atoms with Gasteiger partial charge in [-0.05, 0) is 12.5 Å². The van der Waals surface area contributed by atoms with Crippen molar-refractivity contribution in [1.29, 1.82) is 0 Å². The molecule has 1 heterocycles. The number of sulfonamides is 1. The van der Waals surface area contributed by atoms with Crippen LogP contribution in [-0.4, -0.2) is 50.0 Å². The van der Waals surface area contributed by atoms with E-state index in [2.05, 4.69) is 4.74 Å². The Morgan fingerprint density at radius 1 is 1.45 bits per heavy atom. The van der Waals surface area contributed by atoms with E-state index in [9.17, 15) is 18.0 Å². The van der Waals surface area contributed by atoms with Crippen LogP contribution >= 0.6 is 11.3 Å². The van der Waals surface area contributed by atoms with Crippen molar-refractivity contribution in [2.75, 3.05) is 20.2 Å². The second kappa shape index (κ2) is 6.82. The van der Waals surface area contributed by atoms with Gasteiger partial charge < -0.3 is 9.84 Å². The maximum absolute atomic E-state index is 12.3. The Labute approximate surface area is 120 Å². The summed E-state index contributed by atoms with van der Waals surface area (Å²) in [5.41, 5.74) is 0.